The van der Waals surface area contributed by atoms with E-state index in [-0.39, 0.29) is 5.78 Å². The second-order valence-electron chi connectivity index (χ2n) is 5.23. The van der Waals surface area contributed by atoms with E-state index in [1.54, 1.807) is 6.07 Å². The highest BCUT2D eigenvalue weighted by atomic mass is 35.5. The number of rotatable bonds is 9. The molecule has 0 aromatic heterocycles. The largest absolute Gasteiger partial charge is 0.303 e. The lowest BCUT2D eigenvalue weighted by Gasteiger charge is -2.24. The van der Waals surface area contributed by atoms with Crippen molar-refractivity contribution in [1.29, 1.82) is 0 Å². The molecule has 1 aromatic carbocycles. The van der Waals surface area contributed by atoms with E-state index in [1.807, 2.05) is 18.2 Å². The number of ketones is 1. The Morgan fingerprint density at radius 1 is 1.20 bits per heavy atom. The van der Waals surface area contributed by atoms with E-state index >= 15 is 0 Å². The lowest BCUT2D eigenvalue weighted by Crippen LogP contribution is -2.31. The van der Waals surface area contributed by atoms with Crippen LogP contribution in [0.2, 0.25) is 5.02 Å². The van der Waals surface area contributed by atoms with Gasteiger partial charge in [-0.25, -0.2) is 0 Å². The summed E-state index contributed by atoms with van der Waals surface area (Å²) in [6.07, 6.45) is 2.94. The average Bonchev–Trinajstić information content (AvgIpc) is 2.48. The molecule has 1 aromatic rings. The van der Waals surface area contributed by atoms with Gasteiger partial charge in [0.05, 0.1) is 5.02 Å². The van der Waals surface area contributed by atoms with Gasteiger partial charge in [-0.3, -0.25) is 4.79 Å². The maximum absolute atomic E-state index is 12.2. The second kappa shape index (κ2) is 9.15. The molecule has 0 aliphatic carbocycles. The van der Waals surface area contributed by atoms with Gasteiger partial charge >= 0.3 is 0 Å². The monoisotopic (exact) mass is 295 g/mol. The van der Waals surface area contributed by atoms with E-state index < -0.39 is 0 Å². The Balaban J connectivity index is 2.52. The maximum atomic E-state index is 12.2. The van der Waals surface area contributed by atoms with Crippen molar-refractivity contribution in [2.45, 2.75) is 40.0 Å². The van der Waals surface area contributed by atoms with Crippen molar-refractivity contribution in [3.8, 4) is 0 Å². The number of carbonyl (C=O) groups excluding carboxylic acids is 1. The molecule has 0 aliphatic rings. The lowest BCUT2D eigenvalue weighted by molar-refractivity contribution is 0.0960. The quantitative estimate of drug-likeness (QED) is 0.617. The fourth-order valence-electron chi connectivity index (χ4n) is 2.37. The van der Waals surface area contributed by atoms with Crippen LogP contribution in [0.4, 0.5) is 0 Å². The lowest BCUT2D eigenvalue weighted by atomic mass is 10.0. The third kappa shape index (κ3) is 5.26. The first-order chi connectivity index (χ1) is 9.62. The molecule has 0 unspecified atom stereocenters. The molecule has 0 saturated carbocycles. The summed E-state index contributed by atoms with van der Waals surface area (Å²) < 4.78 is 0. The predicted octanol–water partition coefficient (Wildman–Crippen LogP) is 4.67. The molecule has 0 heterocycles. The fraction of sp³-hybridized carbons (Fsp3) is 0.588. The molecular weight excluding hydrogens is 270 g/mol. The molecule has 1 rings (SSSR count). The van der Waals surface area contributed by atoms with Crippen molar-refractivity contribution in [3.05, 3.63) is 34.9 Å². The molecule has 0 fully saturated rings. The van der Waals surface area contributed by atoms with E-state index in [4.69, 9.17) is 11.6 Å². The van der Waals surface area contributed by atoms with Crippen molar-refractivity contribution >= 4 is 17.4 Å². The van der Waals surface area contributed by atoms with Gasteiger partial charge in [0.2, 0.25) is 0 Å². The zero-order valence-electron chi connectivity index (χ0n) is 12.9. The summed E-state index contributed by atoms with van der Waals surface area (Å²) in [5, 5.41) is 0.556. The van der Waals surface area contributed by atoms with E-state index in [9.17, 15) is 4.79 Å². The number of hydrogen-bond acceptors (Lipinski definition) is 2. The Morgan fingerprint density at radius 2 is 1.85 bits per heavy atom. The number of hydrogen-bond donors (Lipinski definition) is 0. The third-order valence-corrected chi connectivity index (χ3v) is 4.28. The minimum Gasteiger partial charge on any atom is -0.303 e. The van der Waals surface area contributed by atoms with E-state index in [1.165, 1.54) is 12.8 Å². The Kier molecular flexibility index (Phi) is 7.86. The standard InChI is InChI=1S/C17H26ClNO/c1-4-14(5-2)13-19(6-3)12-11-17(20)15-9-7-8-10-16(15)18/h7-10,14H,4-6,11-13H2,1-3H3. The predicted molar refractivity (Wildman–Crippen MR) is 86.6 cm³/mol. The van der Waals surface area contributed by atoms with Crippen LogP contribution >= 0.6 is 11.6 Å². The molecule has 0 atom stereocenters. The molecule has 0 spiro atoms. The number of Topliss-reactive ketones (excluding diaryl/α,β-unsaturated/α-hetero) is 1. The Labute approximate surface area is 128 Å². The molecule has 112 valence electrons. The Hall–Kier alpha value is -0.860. The molecular formula is C17H26ClNO. The highest BCUT2D eigenvalue weighted by Gasteiger charge is 2.14. The summed E-state index contributed by atoms with van der Waals surface area (Å²) in [5.74, 6) is 0.865. The average molecular weight is 296 g/mol. The smallest absolute Gasteiger partial charge is 0.165 e. The van der Waals surface area contributed by atoms with Crippen LogP contribution in [0.5, 0.6) is 0 Å². The summed E-state index contributed by atoms with van der Waals surface area (Å²) in [7, 11) is 0. The van der Waals surface area contributed by atoms with Crippen molar-refractivity contribution in [2.24, 2.45) is 5.92 Å². The van der Waals surface area contributed by atoms with Gasteiger partial charge in [-0.2, -0.15) is 0 Å². The van der Waals surface area contributed by atoms with Gasteiger partial charge in [0.15, 0.2) is 5.78 Å². The topological polar surface area (TPSA) is 20.3 Å². The zero-order valence-corrected chi connectivity index (χ0v) is 13.6. The molecule has 3 heteroatoms. The highest BCUT2D eigenvalue weighted by molar-refractivity contribution is 6.33. The third-order valence-electron chi connectivity index (χ3n) is 3.95. The first-order valence-corrected chi connectivity index (χ1v) is 8.00. The number of carbonyl (C=O) groups is 1. The summed E-state index contributed by atoms with van der Waals surface area (Å²) in [6, 6.07) is 7.30. The first kappa shape index (κ1) is 17.2. The van der Waals surface area contributed by atoms with E-state index in [0.717, 1.165) is 25.6 Å². The van der Waals surface area contributed by atoms with Gasteiger partial charge in [0.1, 0.15) is 0 Å². The summed E-state index contributed by atoms with van der Waals surface area (Å²) in [6.45, 7) is 9.51. The Morgan fingerprint density at radius 3 is 2.40 bits per heavy atom. The van der Waals surface area contributed by atoms with Crippen molar-refractivity contribution in [1.82, 2.24) is 4.90 Å². The van der Waals surface area contributed by atoms with Crippen molar-refractivity contribution in [2.75, 3.05) is 19.6 Å². The second-order valence-corrected chi connectivity index (χ2v) is 5.64. The number of benzene rings is 1. The number of nitrogens with zero attached hydrogens (tertiary/aromatic N) is 1. The van der Waals surface area contributed by atoms with Crippen LogP contribution < -0.4 is 0 Å². The summed E-state index contributed by atoms with van der Waals surface area (Å²) in [4.78, 5) is 14.6. The van der Waals surface area contributed by atoms with Gasteiger partial charge in [-0.05, 0) is 24.6 Å². The van der Waals surface area contributed by atoms with Crippen LogP contribution in [0.15, 0.2) is 24.3 Å². The van der Waals surface area contributed by atoms with Crippen LogP contribution in [0, 0.1) is 5.92 Å². The summed E-state index contributed by atoms with van der Waals surface area (Å²) >= 11 is 6.06. The van der Waals surface area contributed by atoms with Crippen molar-refractivity contribution in [3.63, 3.8) is 0 Å². The first-order valence-electron chi connectivity index (χ1n) is 7.62. The summed E-state index contributed by atoms with van der Waals surface area (Å²) in [5.41, 5.74) is 0.646. The molecule has 0 aliphatic heterocycles. The molecule has 0 N–H and O–H groups in total. The fourth-order valence-corrected chi connectivity index (χ4v) is 2.61. The minimum absolute atomic E-state index is 0.138. The molecule has 0 saturated heterocycles. The van der Waals surface area contributed by atoms with E-state index in [2.05, 4.69) is 25.7 Å². The highest BCUT2D eigenvalue weighted by Crippen LogP contribution is 2.17. The number of halogens is 1. The van der Waals surface area contributed by atoms with Crippen LogP contribution in [0.25, 0.3) is 0 Å². The van der Waals surface area contributed by atoms with Crippen LogP contribution in [0.1, 0.15) is 50.4 Å². The Bertz CT molecular complexity index is 415. The van der Waals surface area contributed by atoms with Gasteiger partial charge in [0, 0.05) is 25.1 Å². The normalized spacial score (nSPS) is 11.3. The van der Waals surface area contributed by atoms with Gasteiger partial charge in [0.25, 0.3) is 0 Å². The van der Waals surface area contributed by atoms with E-state index in [0.29, 0.717) is 17.0 Å². The SMILES string of the molecule is CCC(CC)CN(CC)CCC(=O)c1ccccc1Cl. The van der Waals surface area contributed by atoms with Crippen LogP contribution in [-0.2, 0) is 0 Å². The maximum Gasteiger partial charge on any atom is 0.165 e. The molecule has 0 bridgehead atoms. The van der Waals surface area contributed by atoms with Crippen LogP contribution in [0.3, 0.4) is 0 Å². The van der Waals surface area contributed by atoms with Crippen molar-refractivity contribution < 1.29 is 4.79 Å². The van der Waals surface area contributed by atoms with Gasteiger partial charge in [-0.15, -0.1) is 0 Å². The van der Waals surface area contributed by atoms with Gasteiger partial charge in [-0.1, -0.05) is 57.3 Å². The van der Waals surface area contributed by atoms with Crippen LogP contribution in [-0.4, -0.2) is 30.3 Å². The minimum atomic E-state index is 0.138. The molecule has 0 radical (unpaired) electrons. The van der Waals surface area contributed by atoms with Gasteiger partial charge < -0.3 is 4.90 Å². The molecule has 20 heavy (non-hydrogen) atoms. The zero-order chi connectivity index (χ0) is 15.0. The molecule has 2 nitrogen and oxygen atoms in total. The molecule has 0 amide bonds.